The maximum absolute atomic E-state index is 4.24. The Hall–Kier alpha value is -1.77. The van der Waals surface area contributed by atoms with Gasteiger partial charge in [0.15, 0.2) is 0 Å². The molecule has 0 aliphatic rings. The second-order valence-electron chi connectivity index (χ2n) is 4.08. The van der Waals surface area contributed by atoms with E-state index < -0.39 is 0 Å². The summed E-state index contributed by atoms with van der Waals surface area (Å²) >= 11 is 0. The van der Waals surface area contributed by atoms with E-state index in [1.807, 2.05) is 19.3 Å². The zero-order valence-electron chi connectivity index (χ0n) is 10.5. The van der Waals surface area contributed by atoms with Gasteiger partial charge in [0.05, 0.1) is 0 Å². The van der Waals surface area contributed by atoms with Crippen LogP contribution in [0.3, 0.4) is 0 Å². The molecule has 3 heteroatoms. The number of para-hydroxylation sites is 1. The standard InChI is InChI=1S/C14H19N3/c1-3-16(14-7-5-4-6-8-14)11-12-17-10-9-15-13(17)2/h4-10H,3,11-12H2,1-2H3. The molecule has 0 amide bonds. The lowest BCUT2D eigenvalue weighted by atomic mass is 10.3. The number of aromatic nitrogens is 2. The minimum absolute atomic E-state index is 0.981. The van der Waals surface area contributed by atoms with E-state index in [1.165, 1.54) is 5.69 Å². The van der Waals surface area contributed by atoms with Crippen LogP contribution in [0.4, 0.5) is 5.69 Å². The van der Waals surface area contributed by atoms with Crippen LogP contribution >= 0.6 is 0 Å². The molecule has 0 bridgehead atoms. The maximum atomic E-state index is 4.24. The van der Waals surface area contributed by atoms with Gasteiger partial charge in [0.1, 0.15) is 5.82 Å². The third-order valence-electron chi connectivity index (χ3n) is 3.04. The monoisotopic (exact) mass is 229 g/mol. The van der Waals surface area contributed by atoms with Gasteiger partial charge in [-0.1, -0.05) is 18.2 Å². The maximum Gasteiger partial charge on any atom is 0.105 e. The van der Waals surface area contributed by atoms with Gasteiger partial charge in [-0.3, -0.25) is 0 Å². The average molecular weight is 229 g/mol. The molecule has 0 unspecified atom stereocenters. The van der Waals surface area contributed by atoms with Crippen LogP contribution < -0.4 is 4.90 Å². The van der Waals surface area contributed by atoms with E-state index >= 15 is 0 Å². The van der Waals surface area contributed by atoms with Crippen molar-refractivity contribution >= 4 is 5.69 Å². The van der Waals surface area contributed by atoms with Crippen molar-refractivity contribution in [3.8, 4) is 0 Å². The van der Waals surface area contributed by atoms with Crippen molar-refractivity contribution in [3.63, 3.8) is 0 Å². The van der Waals surface area contributed by atoms with Gasteiger partial charge in [-0.2, -0.15) is 0 Å². The van der Waals surface area contributed by atoms with Crippen molar-refractivity contribution in [2.75, 3.05) is 18.0 Å². The predicted molar refractivity (Wildman–Crippen MR) is 71.3 cm³/mol. The molecule has 2 rings (SSSR count). The van der Waals surface area contributed by atoms with E-state index in [0.717, 1.165) is 25.5 Å². The molecule has 1 heterocycles. The molecule has 17 heavy (non-hydrogen) atoms. The largest absolute Gasteiger partial charge is 0.370 e. The summed E-state index contributed by atoms with van der Waals surface area (Å²) in [6.07, 6.45) is 3.89. The highest BCUT2D eigenvalue weighted by Crippen LogP contribution is 2.12. The van der Waals surface area contributed by atoms with E-state index in [9.17, 15) is 0 Å². The van der Waals surface area contributed by atoms with Gasteiger partial charge in [-0.25, -0.2) is 4.98 Å². The van der Waals surface area contributed by atoms with Crippen LogP contribution in [0.5, 0.6) is 0 Å². The van der Waals surface area contributed by atoms with Crippen molar-refractivity contribution < 1.29 is 0 Å². The number of likely N-dealkylation sites (N-methyl/N-ethyl adjacent to an activating group) is 1. The molecule has 0 fully saturated rings. The van der Waals surface area contributed by atoms with Gasteiger partial charge in [0.25, 0.3) is 0 Å². The molecular formula is C14H19N3. The fraction of sp³-hybridized carbons (Fsp3) is 0.357. The molecule has 0 aliphatic heterocycles. The van der Waals surface area contributed by atoms with Crippen LogP contribution in [0.1, 0.15) is 12.7 Å². The first kappa shape index (κ1) is 11.7. The molecule has 0 saturated carbocycles. The third-order valence-corrected chi connectivity index (χ3v) is 3.04. The highest BCUT2D eigenvalue weighted by atomic mass is 15.2. The first-order chi connectivity index (χ1) is 8.31. The fourth-order valence-corrected chi connectivity index (χ4v) is 1.98. The number of hydrogen-bond donors (Lipinski definition) is 0. The summed E-state index contributed by atoms with van der Waals surface area (Å²) in [4.78, 5) is 6.61. The van der Waals surface area contributed by atoms with Crippen LogP contribution in [-0.2, 0) is 6.54 Å². The van der Waals surface area contributed by atoms with Gasteiger partial charge in [-0.05, 0) is 26.0 Å². The minimum atomic E-state index is 0.981. The predicted octanol–water partition coefficient (Wildman–Crippen LogP) is 2.72. The van der Waals surface area contributed by atoms with Gasteiger partial charge < -0.3 is 9.47 Å². The Labute approximate surface area is 103 Å². The van der Waals surface area contributed by atoms with Crippen LogP contribution in [0, 0.1) is 6.92 Å². The Kier molecular flexibility index (Phi) is 3.81. The Morgan fingerprint density at radius 3 is 2.59 bits per heavy atom. The minimum Gasteiger partial charge on any atom is -0.370 e. The SMILES string of the molecule is CCN(CCn1ccnc1C)c1ccccc1. The highest BCUT2D eigenvalue weighted by Gasteiger charge is 2.04. The van der Waals surface area contributed by atoms with E-state index in [4.69, 9.17) is 0 Å². The van der Waals surface area contributed by atoms with Crippen molar-refractivity contribution in [3.05, 3.63) is 48.5 Å². The number of rotatable bonds is 5. The molecule has 2 aromatic rings. The van der Waals surface area contributed by atoms with Crippen LogP contribution in [0.2, 0.25) is 0 Å². The summed E-state index contributed by atoms with van der Waals surface area (Å²) in [7, 11) is 0. The molecular weight excluding hydrogens is 210 g/mol. The first-order valence-electron chi connectivity index (χ1n) is 6.09. The van der Waals surface area contributed by atoms with Gasteiger partial charge in [-0.15, -0.1) is 0 Å². The third kappa shape index (κ3) is 2.87. The average Bonchev–Trinajstić information content (AvgIpc) is 2.77. The number of aryl methyl sites for hydroxylation is 1. The van der Waals surface area contributed by atoms with Crippen LogP contribution in [0.15, 0.2) is 42.7 Å². The zero-order valence-corrected chi connectivity index (χ0v) is 10.5. The number of hydrogen-bond acceptors (Lipinski definition) is 2. The summed E-state index contributed by atoms with van der Waals surface area (Å²) in [6.45, 7) is 7.25. The normalized spacial score (nSPS) is 10.5. The molecule has 0 atom stereocenters. The number of imidazole rings is 1. The zero-order chi connectivity index (χ0) is 12.1. The lowest BCUT2D eigenvalue weighted by molar-refractivity contribution is 0.648. The van der Waals surface area contributed by atoms with E-state index in [2.05, 4.69) is 51.7 Å². The molecule has 1 aromatic carbocycles. The quantitative estimate of drug-likeness (QED) is 0.786. The fourth-order valence-electron chi connectivity index (χ4n) is 1.98. The molecule has 1 aromatic heterocycles. The Morgan fingerprint density at radius 2 is 2.00 bits per heavy atom. The van der Waals surface area contributed by atoms with Crippen molar-refractivity contribution in [1.82, 2.24) is 9.55 Å². The summed E-state index contributed by atoms with van der Waals surface area (Å²) in [5.74, 6) is 1.08. The van der Waals surface area contributed by atoms with Gasteiger partial charge >= 0.3 is 0 Å². The van der Waals surface area contributed by atoms with E-state index in [1.54, 1.807) is 0 Å². The van der Waals surface area contributed by atoms with Crippen molar-refractivity contribution in [1.29, 1.82) is 0 Å². The second kappa shape index (κ2) is 5.53. The Morgan fingerprint density at radius 1 is 1.24 bits per heavy atom. The van der Waals surface area contributed by atoms with E-state index in [-0.39, 0.29) is 0 Å². The molecule has 0 aliphatic carbocycles. The number of benzene rings is 1. The molecule has 0 N–H and O–H groups in total. The topological polar surface area (TPSA) is 21.1 Å². The summed E-state index contributed by atoms with van der Waals surface area (Å²) in [5, 5.41) is 0. The molecule has 90 valence electrons. The first-order valence-corrected chi connectivity index (χ1v) is 6.09. The Bertz CT molecular complexity index is 448. The lowest BCUT2D eigenvalue weighted by Crippen LogP contribution is -2.27. The summed E-state index contributed by atoms with van der Waals surface area (Å²) in [5.41, 5.74) is 1.28. The number of anilines is 1. The molecule has 3 nitrogen and oxygen atoms in total. The van der Waals surface area contributed by atoms with E-state index in [0.29, 0.717) is 0 Å². The van der Waals surface area contributed by atoms with Gasteiger partial charge in [0.2, 0.25) is 0 Å². The molecule has 0 saturated heterocycles. The summed E-state index contributed by atoms with van der Waals surface area (Å²) in [6, 6.07) is 10.5. The second-order valence-corrected chi connectivity index (χ2v) is 4.08. The summed E-state index contributed by atoms with van der Waals surface area (Å²) < 4.78 is 2.19. The smallest absolute Gasteiger partial charge is 0.105 e. The molecule has 0 radical (unpaired) electrons. The van der Waals surface area contributed by atoms with Crippen molar-refractivity contribution in [2.24, 2.45) is 0 Å². The van der Waals surface area contributed by atoms with Crippen molar-refractivity contribution in [2.45, 2.75) is 20.4 Å². The number of nitrogens with zero attached hydrogens (tertiary/aromatic N) is 3. The lowest BCUT2D eigenvalue weighted by Gasteiger charge is -2.23. The van der Waals surface area contributed by atoms with Crippen LogP contribution in [-0.4, -0.2) is 22.6 Å². The Balaban J connectivity index is 1.99. The highest BCUT2D eigenvalue weighted by molar-refractivity contribution is 5.45. The molecule has 0 spiro atoms. The van der Waals surface area contributed by atoms with Gasteiger partial charge in [0, 0.05) is 37.7 Å². The van der Waals surface area contributed by atoms with Crippen LogP contribution in [0.25, 0.3) is 0 Å².